The van der Waals surface area contributed by atoms with E-state index in [1.807, 2.05) is 4.90 Å². The van der Waals surface area contributed by atoms with Gasteiger partial charge in [-0.1, -0.05) is 13.8 Å². The molecule has 4 nitrogen and oxygen atoms in total. The van der Waals surface area contributed by atoms with Crippen LogP contribution in [-0.4, -0.2) is 26.2 Å². The highest BCUT2D eigenvalue weighted by Gasteiger charge is 2.25. The number of anilines is 2. The number of benzene rings is 1. The number of ether oxygens (including phenoxy) is 1. The molecular weight excluding hydrogens is 259 g/mol. The smallest absolute Gasteiger partial charge is 0.340 e. The van der Waals surface area contributed by atoms with Crippen molar-refractivity contribution in [2.45, 2.75) is 20.3 Å². The van der Waals surface area contributed by atoms with Crippen LogP contribution in [0.4, 0.5) is 15.8 Å². The Labute approximate surface area is 118 Å². The molecule has 1 aromatic carbocycles. The number of nitrogens with two attached hydrogens (primary N) is 1. The number of hydrogen-bond acceptors (Lipinski definition) is 4. The fourth-order valence-electron chi connectivity index (χ4n) is 2.97. The zero-order valence-electron chi connectivity index (χ0n) is 12.1. The van der Waals surface area contributed by atoms with Gasteiger partial charge in [-0.2, -0.15) is 0 Å². The molecule has 2 atom stereocenters. The van der Waals surface area contributed by atoms with Crippen molar-refractivity contribution >= 4 is 17.3 Å². The van der Waals surface area contributed by atoms with E-state index in [1.54, 1.807) is 0 Å². The number of esters is 1. The fourth-order valence-corrected chi connectivity index (χ4v) is 2.97. The van der Waals surface area contributed by atoms with Crippen molar-refractivity contribution in [3.63, 3.8) is 0 Å². The predicted molar refractivity (Wildman–Crippen MR) is 77.3 cm³/mol. The minimum Gasteiger partial charge on any atom is -0.465 e. The van der Waals surface area contributed by atoms with E-state index in [-0.39, 0.29) is 11.3 Å². The van der Waals surface area contributed by atoms with Gasteiger partial charge >= 0.3 is 5.97 Å². The van der Waals surface area contributed by atoms with Crippen LogP contribution in [0.3, 0.4) is 0 Å². The van der Waals surface area contributed by atoms with Gasteiger partial charge < -0.3 is 15.4 Å². The van der Waals surface area contributed by atoms with Gasteiger partial charge in [0.15, 0.2) is 0 Å². The van der Waals surface area contributed by atoms with Gasteiger partial charge in [-0.15, -0.1) is 0 Å². The Bertz CT molecular complexity index is 509. The van der Waals surface area contributed by atoms with Gasteiger partial charge in [0.05, 0.1) is 18.4 Å². The van der Waals surface area contributed by atoms with Crippen LogP contribution in [0.25, 0.3) is 0 Å². The molecule has 110 valence electrons. The quantitative estimate of drug-likeness (QED) is 0.668. The van der Waals surface area contributed by atoms with E-state index in [4.69, 9.17) is 5.73 Å². The average Bonchev–Trinajstić information content (AvgIpc) is 2.36. The summed E-state index contributed by atoms with van der Waals surface area (Å²) >= 11 is 0. The topological polar surface area (TPSA) is 55.6 Å². The largest absolute Gasteiger partial charge is 0.465 e. The van der Waals surface area contributed by atoms with Crippen LogP contribution < -0.4 is 10.6 Å². The molecule has 1 aliphatic rings. The lowest BCUT2D eigenvalue weighted by atomic mass is 9.91. The number of carbonyl (C=O) groups is 1. The van der Waals surface area contributed by atoms with Crippen LogP contribution in [0.1, 0.15) is 30.6 Å². The minimum absolute atomic E-state index is 0.108. The first-order valence-corrected chi connectivity index (χ1v) is 6.84. The molecule has 1 saturated heterocycles. The Morgan fingerprint density at radius 1 is 1.35 bits per heavy atom. The molecule has 20 heavy (non-hydrogen) atoms. The van der Waals surface area contributed by atoms with Crippen LogP contribution in [0.15, 0.2) is 12.1 Å². The van der Waals surface area contributed by atoms with Crippen molar-refractivity contribution in [3.05, 3.63) is 23.5 Å². The van der Waals surface area contributed by atoms with Gasteiger partial charge in [-0.3, -0.25) is 0 Å². The SMILES string of the molecule is COC(=O)c1cc(N2CC(C)CC(C)C2)c(F)cc1N. The van der Waals surface area contributed by atoms with Gasteiger partial charge in [0.25, 0.3) is 0 Å². The number of halogens is 1. The van der Waals surface area contributed by atoms with Gasteiger partial charge in [-0.05, 0) is 30.4 Å². The van der Waals surface area contributed by atoms with E-state index in [9.17, 15) is 9.18 Å². The summed E-state index contributed by atoms with van der Waals surface area (Å²) in [6.45, 7) is 5.87. The summed E-state index contributed by atoms with van der Waals surface area (Å²) in [5, 5.41) is 0. The van der Waals surface area contributed by atoms with Crippen LogP contribution in [-0.2, 0) is 4.74 Å². The molecule has 0 aliphatic carbocycles. The molecule has 2 rings (SSSR count). The standard InChI is InChI=1S/C15H21FN2O2/c1-9-4-10(2)8-18(7-9)14-5-11(15(19)20-3)13(17)6-12(14)16/h5-6,9-10H,4,7-8,17H2,1-3H3. The Morgan fingerprint density at radius 2 is 1.95 bits per heavy atom. The first kappa shape index (κ1) is 14.6. The van der Waals surface area contributed by atoms with Crippen molar-refractivity contribution < 1.29 is 13.9 Å². The van der Waals surface area contributed by atoms with Gasteiger partial charge in [-0.25, -0.2) is 9.18 Å². The Kier molecular flexibility index (Phi) is 4.16. The third-order valence-electron chi connectivity index (χ3n) is 3.73. The number of nitrogens with zero attached hydrogens (tertiary/aromatic N) is 1. The average molecular weight is 280 g/mol. The fraction of sp³-hybridized carbons (Fsp3) is 0.533. The molecular formula is C15H21FN2O2. The molecule has 2 N–H and O–H groups in total. The molecule has 1 heterocycles. The molecule has 1 fully saturated rings. The number of nitrogen functional groups attached to an aromatic ring is 1. The highest BCUT2D eigenvalue weighted by atomic mass is 19.1. The molecule has 0 bridgehead atoms. The summed E-state index contributed by atoms with van der Waals surface area (Å²) in [6, 6.07) is 2.70. The third kappa shape index (κ3) is 2.86. The highest BCUT2D eigenvalue weighted by molar-refractivity contribution is 5.96. The molecule has 2 unspecified atom stereocenters. The number of methoxy groups -OCH3 is 1. The lowest BCUT2D eigenvalue weighted by Gasteiger charge is -2.37. The number of hydrogen-bond donors (Lipinski definition) is 1. The minimum atomic E-state index is -0.540. The Morgan fingerprint density at radius 3 is 2.50 bits per heavy atom. The predicted octanol–water partition coefficient (Wildman–Crippen LogP) is 2.68. The number of rotatable bonds is 2. The van der Waals surface area contributed by atoms with E-state index >= 15 is 0 Å². The number of piperidine rings is 1. The zero-order chi connectivity index (χ0) is 14.9. The van der Waals surface area contributed by atoms with Crippen molar-refractivity contribution in [2.75, 3.05) is 30.8 Å². The monoisotopic (exact) mass is 280 g/mol. The van der Waals surface area contributed by atoms with Gasteiger partial charge in [0.1, 0.15) is 5.82 Å². The van der Waals surface area contributed by atoms with Crippen molar-refractivity contribution in [2.24, 2.45) is 11.8 Å². The summed E-state index contributed by atoms with van der Waals surface area (Å²) in [5.74, 6) is 0.0628. The van der Waals surface area contributed by atoms with Crippen LogP contribution in [0.2, 0.25) is 0 Å². The first-order valence-electron chi connectivity index (χ1n) is 6.84. The molecule has 0 saturated carbocycles. The van der Waals surface area contributed by atoms with E-state index < -0.39 is 11.8 Å². The Balaban J connectivity index is 2.38. The number of carbonyl (C=O) groups excluding carboxylic acids is 1. The molecule has 0 radical (unpaired) electrons. The van der Waals surface area contributed by atoms with E-state index in [1.165, 1.54) is 19.2 Å². The van der Waals surface area contributed by atoms with Gasteiger partial charge in [0, 0.05) is 18.8 Å². The van der Waals surface area contributed by atoms with Crippen LogP contribution >= 0.6 is 0 Å². The molecule has 5 heteroatoms. The second-order valence-corrected chi connectivity index (χ2v) is 5.73. The van der Waals surface area contributed by atoms with Crippen molar-refractivity contribution in [3.8, 4) is 0 Å². The maximum absolute atomic E-state index is 14.2. The molecule has 1 aromatic rings. The summed E-state index contributed by atoms with van der Waals surface area (Å²) in [7, 11) is 1.29. The normalized spacial score (nSPS) is 22.7. The van der Waals surface area contributed by atoms with E-state index in [2.05, 4.69) is 18.6 Å². The summed E-state index contributed by atoms with van der Waals surface area (Å²) < 4.78 is 18.8. The second kappa shape index (κ2) is 5.69. The molecule has 0 aromatic heterocycles. The Hall–Kier alpha value is -1.78. The summed E-state index contributed by atoms with van der Waals surface area (Å²) in [6.07, 6.45) is 1.14. The first-order chi connectivity index (χ1) is 9.42. The van der Waals surface area contributed by atoms with Crippen LogP contribution in [0, 0.1) is 17.7 Å². The second-order valence-electron chi connectivity index (χ2n) is 5.73. The maximum atomic E-state index is 14.2. The molecule has 0 spiro atoms. The van der Waals surface area contributed by atoms with Gasteiger partial charge in [0.2, 0.25) is 0 Å². The highest BCUT2D eigenvalue weighted by Crippen LogP contribution is 2.31. The van der Waals surface area contributed by atoms with Crippen LogP contribution in [0.5, 0.6) is 0 Å². The lowest BCUT2D eigenvalue weighted by molar-refractivity contribution is 0.0602. The van der Waals surface area contributed by atoms with Crippen molar-refractivity contribution in [1.29, 1.82) is 0 Å². The maximum Gasteiger partial charge on any atom is 0.340 e. The molecule has 0 amide bonds. The van der Waals surface area contributed by atoms with E-state index in [0.717, 1.165) is 19.5 Å². The summed E-state index contributed by atoms with van der Waals surface area (Å²) in [5.41, 5.74) is 6.45. The van der Waals surface area contributed by atoms with E-state index in [0.29, 0.717) is 17.5 Å². The third-order valence-corrected chi connectivity index (χ3v) is 3.73. The zero-order valence-corrected chi connectivity index (χ0v) is 12.1. The molecule has 1 aliphatic heterocycles. The summed E-state index contributed by atoms with van der Waals surface area (Å²) in [4.78, 5) is 13.7. The lowest BCUT2D eigenvalue weighted by Crippen LogP contribution is -2.39. The van der Waals surface area contributed by atoms with Crippen molar-refractivity contribution in [1.82, 2.24) is 0 Å².